The van der Waals surface area contributed by atoms with Gasteiger partial charge in [-0.15, -0.1) is 0 Å². The summed E-state index contributed by atoms with van der Waals surface area (Å²) in [6.45, 7) is 3.20. The van der Waals surface area contributed by atoms with E-state index in [1.54, 1.807) is 24.3 Å². The van der Waals surface area contributed by atoms with Crippen LogP contribution in [0.5, 0.6) is 0 Å². The van der Waals surface area contributed by atoms with E-state index in [2.05, 4.69) is 47.1 Å². The summed E-state index contributed by atoms with van der Waals surface area (Å²) in [6, 6.07) is 23.3. The van der Waals surface area contributed by atoms with Crippen molar-refractivity contribution in [2.24, 2.45) is 0 Å². The Morgan fingerprint density at radius 2 is 1.71 bits per heavy atom. The quantitative estimate of drug-likeness (QED) is 0.516. The van der Waals surface area contributed by atoms with E-state index in [1.165, 1.54) is 5.56 Å². The average Bonchev–Trinajstić information content (AvgIpc) is 3.08. The molecule has 1 N–H and O–H groups in total. The maximum absolute atomic E-state index is 12.4. The Morgan fingerprint density at radius 1 is 1.00 bits per heavy atom. The number of para-hydroxylation sites is 2. The average molecular weight is 390 g/mol. The summed E-state index contributed by atoms with van der Waals surface area (Å²) in [6.07, 6.45) is 0. The molecule has 0 bridgehead atoms. The van der Waals surface area contributed by atoms with Gasteiger partial charge in [-0.05, 0) is 43.3 Å². The number of amides is 1. The first-order valence-corrected chi connectivity index (χ1v) is 9.56. The lowest BCUT2D eigenvalue weighted by molar-refractivity contribution is 0.0952. The molecule has 3 aromatic carbocycles. The predicted octanol–water partition coefficient (Wildman–Crippen LogP) is 5.10. The van der Waals surface area contributed by atoms with Crippen LogP contribution in [-0.4, -0.2) is 22.0 Å². The van der Waals surface area contributed by atoms with Gasteiger partial charge in [-0.1, -0.05) is 53.6 Å². The van der Waals surface area contributed by atoms with Crippen LogP contribution in [0.4, 0.5) is 0 Å². The van der Waals surface area contributed by atoms with Crippen LogP contribution < -0.4 is 5.32 Å². The molecule has 5 heteroatoms. The first-order chi connectivity index (χ1) is 13.6. The molecule has 0 unspecified atom stereocenters. The molecule has 1 aromatic heterocycles. The second-order valence-electron chi connectivity index (χ2n) is 6.70. The van der Waals surface area contributed by atoms with Crippen LogP contribution in [0.1, 0.15) is 15.9 Å². The minimum Gasteiger partial charge on any atom is -0.350 e. The van der Waals surface area contributed by atoms with E-state index in [1.807, 2.05) is 18.2 Å². The van der Waals surface area contributed by atoms with Gasteiger partial charge in [0.1, 0.15) is 5.82 Å². The van der Waals surface area contributed by atoms with Crippen molar-refractivity contribution < 1.29 is 4.79 Å². The number of hydrogen-bond acceptors (Lipinski definition) is 2. The molecule has 4 aromatic rings. The van der Waals surface area contributed by atoms with Gasteiger partial charge in [0.25, 0.3) is 5.91 Å². The molecule has 1 heterocycles. The zero-order valence-electron chi connectivity index (χ0n) is 15.5. The number of carbonyl (C=O) groups is 1. The summed E-state index contributed by atoms with van der Waals surface area (Å²) in [5.41, 5.74) is 4.87. The summed E-state index contributed by atoms with van der Waals surface area (Å²) >= 11 is 5.89. The normalized spacial score (nSPS) is 10.9. The van der Waals surface area contributed by atoms with E-state index in [-0.39, 0.29) is 5.91 Å². The number of rotatable bonds is 5. The van der Waals surface area contributed by atoms with Crippen LogP contribution in [0.2, 0.25) is 5.02 Å². The van der Waals surface area contributed by atoms with E-state index in [4.69, 9.17) is 16.6 Å². The number of fused-ring (bicyclic) bond motifs is 1. The third kappa shape index (κ3) is 3.78. The van der Waals surface area contributed by atoms with Crippen LogP contribution in [0.25, 0.3) is 22.4 Å². The molecule has 140 valence electrons. The van der Waals surface area contributed by atoms with E-state index in [0.29, 0.717) is 23.7 Å². The van der Waals surface area contributed by atoms with E-state index in [9.17, 15) is 4.79 Å². The Labute approximate surface area is 168 Å². The van der Waals surface area contributed by atoms with Gasteiger partial charge in [-0.3, -0.25) is 4.79 Å². The summed E-state index contributed by atoms with van der Waals surface area (Å²) in [4.78, 5) is 17.2. The van der Waals surface area contributed by atoms with Crippen molar-refractivity contribution in [2.75, 3.05) is 6.54 Å². The molecule has 0 atom stereocenters. The molecule has 0 saturated heterocycles. The summed E-state index contributed by atoms with van der Waals surface area (Å²) in [5.74, 6) is 0.792. The van der Waals surface area contributed by atoms with Gasteiger partial charge >= 0.3 is 0 Å². The van der Waals surface area contributed by atoms with E-state index >= 15 is 0 Å². The van der Waals surface area contributed by atoms with Crippen molar-refractivity contribution in [3.63, 3.8) is 0 Å². The summed E-state index contributed by atoms with van der Waals surface area (Å²) < 4.78 is 2.15. The number of nitrogens with zero attached hydrogens (tertiary/aromatic N) is 2. The Morgan fingerprint density at radius 3 is 2.46 bits per heavy atom. The minimum atomic E-state index is -0.113. The molecule has 0 spiro atoms. The standard InChI is InChI=1S/C23H20ClN3O/c1-16-6-8-17(9-7-16)22-26-20-4-2-3-5-21(20)27(22)15-14-25-23(28)18-10-12-19(24)13-11-18/h2-13H,14-15H2,1H3,(H,25,28). The van der Waals surface area contributed by atoms with Gasteiger partial charge in [-0.2, -0.15) is 0 Å². The monoisotopic (exact) mass is 389 g/mol. The van der Waals surface area contributed by atoms with Crippen LogP contribution in [-0.2, 0) is 6.54 Å². The third-order valence-corrected chi connectivity index (χ3v) is 4.94. The highest BCUT2D eigenvalue weighted by molar-refractivity contribution is 6.30. The van der Waals surface area contributed by atoms with Gasteiger partial charge in [0, 0.05) is 29.2 Å². The zero-order valence-corrected chi connectivity index (χ0v) is 16.3. The molecule has 4 rings (SSSR count). The Kier molecular flexibility index (Phi) is 5.13. The highest BCUT2D eigenvalue weighted by atomic mass is 35.5. The fourth-order valence-corrected chi connectivity index (χ4v) is 3.34. The fourth-order valence-electron chi connectivity index (χ4n) is 3.21. The number of hydrogen-bond donors (Lipinski definition) is 1. The number of nitrogens with one attached hydrogen (secondary N) is 1. The number of aromatic nitrogens is 2. The van der Waals surface area contributed by atoms with Gasteiger partial charge in [0.05, 0.1) is 11.0 Å². The van der Waals surface area contributed by atoms with Crippen molar-refractivity contribution in [1.82, 2.24) is 14.9 Å². The zero-order chi connectivity index (χ0) is 19.5. The van der Waals surface area contributed by atoms with Gasteiger partial charge in [0.15, 0.2) is 0 Å². The molecule has 1 amide bonds. The molecule has 0 aliphatic carbocycles. The lowest BCUT2D eigenvalue weighted by Gasteiger charge is -2.11. The SMILES string of the molecule is Cc1ccc(-c2nc3ccccc3n2CCNC(=O)c2ccc(Cl)cc2)cc1. The smallest absolute Gasteiger partial charge is 0.251 e. The first kappa shape index (κ1) is 18.3. The molecule has 4 nitrogen and oxygen atoms in total. The van der Waals surface area contributed by atoms with Crippen molar-refractivity contribution >= 4 is 28.5 Å². The minimum absolute atomic E-state index is 0.113. The molecule has 0 fully saturated rings. The van der Waals surface area contributed by atoms with Gasteiger partial charge in [-0.25, -0.2) is 4.98 Å². The second-order valence-corrected chi connectivity index (χ2v) is 7.14. The Balaban J connectivity index is 1.57. The lowest BCUT2D eigenvalue weighted by atomic mass is 10.1. The Hall–Kier alpha value is -3.11. The summed E-state index contributed by atoms with van der Waals surface area (Å²) in [7, 11) is 0. The van der Waals surface area contributed by atoms with Crippen molar-refractivity contribution in [3.05, 3.63) is 88.9 Å². The third-order valence-electron chi connectivity index (χ3n) is 4.69. The number of carbonyl (C=O) groups excluding carboxylic acids is 1. The highest BCUT2D eigenvalue weighted by Gasteiger charge is 2.13. The number of aryl methyl sites for hydroxylation is 1. The van der Waals surface area contributed by atoms with Crippen LogP contribution >= 0.6 is 11.6 Å². The first-order valence-electron chi connectivity index (χ1n) is 9.18. The van der Waals surface area contributed by atoms with Crippen molar-refractivity contribution in [2.45, 2.75) is 13.5 Å². The number of benzene rings is 3. The van der Waals surface area contributed by atoms with Gasteiger partial charge < -0.3 is 9.88 Å². The largest absolute Gasteiger partial charge is 0.350 e. The fraction of sp³-hybridized carbons (Fsp3) is 0.130. The van der Waals surface area contributed by atoms with Crippen molar-refractivity contribution in [3.8, 4) is 11.4 Å². The second kappa shape index (κ2) is 7.87. The van der Waals surface area contributed by atoms with Crippen molar-refractivity contribution in [1.29, 1.82) is 0 Å². The van der Waals surface area contributed by atoms with E-state index < -0.39 is 0 Å². The molecular formula is C23H20ClN3O. The predicted molar refractivity (Wildman–Crippen MR) is 114 cm³/mol. The Bertz CT molecular complexity index is 1120. The number of halogens is 1. The van der Waals surface area contributed by atoms with Gasteiger partial charge in [0.2, 0.25) is 0 Å². The molecule has 0 aliphatic rings. The van der Waals surface area contributed by atoms with Crippen LogP contribution in [0, 0.1) is 6.92 Å². The van der Waals surface area contributed by atoms with Crippen LogP contribution in [0.15, 0.2) is 72.8 Å². The molecule has 0 saturated carbocycles. The summed E-state index contributed by atoms with van der Waals surface area (Å²) in [5, 5.41) is 3.59. The maximum atomic E-state index is 12.4. The molecule has 0 radical (unpaired) electrons. The molecule has 0 aliphatic heterocycles. The maximum Gasteiger partial charge on any atom is 0.251 e. The number of imidazole rings is 1. The van der Waals surface area contributed by atoms with E-state index in [0.717, 1.165) is 22.4 Å². The molecular weight excluding hydrogens is 370 g/mol. The molecule has 28 heavy (non-hydrogen) atoms. The highest BCUT2D eigenvalue weighted by Crippen LogP contribution is 2.25. The lowest BCUT2D eigenvalue weighted by Crippen LogP contribution is -2.27. The topological polar surface area (TPSA) is 46.9 Å². The van der Waals surface area contributed by atoms with Crippen LogP contribution in [0.3, 0.4) is 0 Å².